The largest absolute Gasteiger partial charge is 0.467 e. The average molecular weight is 453 g/mol. The molecule has 31 heavy (non-hydrogen) atoms. The van der Waals surface area contributed by atoms with Gasteiger partial charge in [-0.2, -0.15) is 4.31 Å². The van der Waals surface area contributed by atoms with E-state index in [-0.39, 0.29) is 41.1 Å². The van der Waals surface area contributed by atoms with Crippen molar-refractivity contribution in [1.29, 1.82) is 0 Å². The fourth-order valence-electron chi connectivity index (χ4n) is 3.70. The summed E-state index contributed by atoms with van der Waals surface area (Å²) in [5.74, 6) is -1.05. The molecule has 1 saturated heterocycles. The summed E-state index contributed by atoms with van der Waals surface area (Å²) in [5, 5.41) is 2.81. The van der Waals surface area contributed by atoms with E-state index in [0.717, 1.165) is 12.0 Å². The van der Waals surface area contributed by atoms with Crippen LogP contribution in [0.2, 0.25) is 0 Å². The molecule has 0 aromatic heterocycles. The van der Waals surface area contributed by atoms with E-state index in [1.54, 1.807) is 12.1 Å². The van der Waals surface area contributed by atoms with Crippen LogP contribution in [0.4, 0.5) is 0 Å². The number of hydrogen-bond donors (Lipinski definition) is 1. The maximum atomic E-state index is 13.0. The maximum absolute atomic E-state index is 13.0. The zero-order valence-corrected chi connectivity index (χ0v) is 20.3. The number of carbonyl (C=O) groups excluding carboxylic acids is 2. The molecule has 0 radical (unpaired) electrons. The Bertz CT molecular complexity index is 866. The Morgan fingerprint density at radius 3 is 2.16 bits per heavy atom. The number of benzene rings is 1. The summed E-state index contributed by atoms with van der Waals surface area (Å²) in [6, 6.07) is 6.33. The molecule has 1 heterocycles. The molecular formula is C23H36N2O5S. The minimum absolute atomic E-state index is 0.0482. The van der Waals surface area contributed by atoms with E-state index >= 15 is 0 Å². The lowest BCUT2D eigenvalue weighted by molar-refractivity contribution is -0.147. The third-order valence-electron chi connectivity index (χ3n) is 6.15. The molecule has 1 fully saturated rings. The molecule has 1 amide bonds. The van der Waals surface area contributed by atoms with Gasteiger partial charge in [0.1, 0.15) is 6.04 Å². The number of ether oxygens (including phenoxy) is 1. The van der Waals surface area contributed by atoms with Crippen LogP contribution in [0, 0.1) is 11.8 Å². The fraction of sp³-hybridized carbons (Fsp3) is 0.652. The number of nitrogens with one attached hydrogen (secondary N) is 1. The highest BCUT2D eigenvalue weighted by Crippen LogP contribution is 2.27. The summed E-state index contributed by atoms with van der Waals surface area (Å²) >= 11 is 0. The van der Waals surface area contributed by atoms with Crippen LogP contribution in [0.1, 0.15) is 59.4 Å². The SMILES string of the molecule is CC[C@@H](C)[C@H](NC(=O)C1CCN(S(=O)(=O)c2ccc(C(C)(C)C)cc2)CC1)C(=O)OC. The zero-order chi connectivity index (χ0) is 23.4. The van der Waals surface area contributed by atoms with E-state index in [9.17, 15) is 18.0 Å². The van der Waals surface area contributed by atoms with E-state index < -0.39 is 22.0 Å². The number of nitrogens with zero attached hydrogens (tertiary/aromatic N) is 1. The molecule has 174 valence electrons. The number of rotatable bonds is 7. The molecule has 2 atom stereocenters. The third kappa shape index (κ3) is 6.07. The number of carbonyl (C=O) groups is 2. The minimum atomic E-state index is -3.60. The van der Waals surface area contributed by atoms with Gasteiger partial charge in [-0.05, 0) is 41.9 Å². The Balaban J connectivity index is 2.02. The summed E-state index contributed by atoms with van der Waals surface area (Å²) in [6.45, 7) is 10.6. The van der Waals surface area contributed by atoms with Crippen molar-refractivity contribution in [2.45, 2.75) is 70.2 Å². The van der Waals surface area contributed by atoms with Crippen LogP contribution in [0.5, 0.6) is 0 Å². The molecule has 0 unspecified atom stereocenters. The van der Waals surface area contributed by atoms with Crippen LogP contribution in [-0.4, -0.2) is 50.8 Å². The van der Waals surface area contributed by atoms with E-state index in [0.29, 0.717) is 12.8 Å². The fourth-order valence-corrected chi connectivity index (χ4v) is 5.17. The first kappa shape index (κ1) is 25.3. The van der Waals surface area contributed by atoms with Gasteiger partial charge < -0.3 is 10.1 Å². The zero-order valence-electron chi connectivity index (χ0n) is 19.5. The summed E-state index contributed by atoms with van der Waals surface area (Å²) in [7, 11) is -2.30. The van der Waals surface area contributed by atoms with Crippen molar-refractivity contribution in [2.24, 2.45) is 11.8 Å². The molecule has 0 aliphatic carbocycles. The van der Waals surface area contributed by atoms with Gasteiger partial charge in [0.25, 0.3) is 0 Å². The molecule has 1 aromatic rings. The quantitative estimate of drug-likeness (QED) is 0.642. The van der Waals surface area contributed by atoms with Gasteiger partial charge in [0.2, 0.25) is 15.9 Å². The van der Waals surface area contributed by atoms with Crippen molar-refractivity contribution in [2.75, 3.05) is 20.2 Å². The predicted octanol–water partition coefficient (Wildman–Crippen LogP) is 3.09. The number of esters is 1. The van der Waals surface area contributed by atoms with Crippen molar-refractivity contribution < 1.29 is 22.7 Å². The Hall–Kier alpha value is -1.93. The van der Waals surface area contributed by atoms with Gasteiger partial charge in [0, 0.05) is 19.0 Å². The Morgan fingerprint density at radius 2 is 1.71 bits per heavy atom. The van der Waals surface area contributed by atoms with Crippen molar-refractivity contribution in [1.82, 2.24) is 9.62 Å². The van der Waals surface area contributed by atoms with Crippen LogP contribution in [-0.2, 0) is 29.8 Å². The van der Waals surface area contributed by atoms with Crippen LogP contribution >= 0.6 is 0 Å². The van der Waals surface area contributed by atoms with Crippen LogP contribution < -0.4 is 5.32 Å². The van der Waals surface area contributed by atoms with Gasteiger partial charge in [-0.25, -0.2) is 13.2 Å². The van der Waals surface area contributed by atoms with Gasteiger partial charge in [-0.3, -0.25) is 4.79 Å². The lowest BCUT2D eigenvalue weighted by Crippen LogP contribution is -2.50. The second-order valence-electron chi connectivity index (χ2n) is 9.35. The normalized spacial score (nSPS) is 18.3. The van der Waals surface area contributed by atoms with Crippen molar-refractivity contribution in [3.8, 4) is 0 Å². The Morgan fingerprint density at radius 1 is 1.16 bits per heavy atom. The molecule has 1 aliphatic rings. The standard InChI is InChI=1S/C23H36N2O5S/c1-7-16(2)20(22(27)30-6)24-21(26)17-12-14-25(15-13-17)31(28,29)19-10-8-18(9-11-19)23(3,4)5/h8-11,16-17,20H,7,12-15H2,1-6H3,(H,24,26)/t16-,20+/m1/s1. The first-order chi connectivity index (χ1) is 14.4. The first-order valence-corrected chi connectivity index (χ1v) is 12.3. The van der Waals surface area contributed by atoms with Gasteiger partial charge in [0.05, 0.1) is 12.0 Å². The minimum Gasteiger partial charge on any atom is -0.467 e. The summed E-state index contributed by atoms with van der Waals surface area (Å²) in [4.78, 5) is 25.0. The van der Waals surface area contributed by atoms with Crippen LogP contribution in [0.15, 0.2) is 29.2 Å². The molecule has 8 heteroatoms. The van der Waals surface area contributed by atoms with Crippen LogP contribution in [0.25, 0.3) is 0 Å². The van der Waals surface area contributed by atoms with Crippen molar-refractivity contribution >= 4 is 21.9 Å². The second kappa shape index (κ2) is 10.1. The molecule has 0 saturated carbocycles. The molecular weight excluding hydrogens is 416 g/mol. The monoisotopic (exact) mass is 452 g/mol. The lowest BCUT2D eigenvalue weighted by atomic mass is 9.87. The van der Waals surface area contributed by atoms with Gasteiger partial charge in [0.15, 0.2) is 0 Å². The summed E-state index contributed by atoms with van der Waals surface area (Å²) in [5.41, 5.74) is 1.02. The maximum Gasteiger partial charge on any atom is 0.328 e. The van der Waals surface area contributed by atoms with Crippen molar-refractivity contribution in [3.05, 3.63) is 29.8 Å². The number of amides is 1. The van der Waals surface area contributed by atoms with Gasteiger partial charge >= 0.3 is 5.97 Å². The van der Waals surface area contributed by atoms with Gasteiger partial charge in [-0.1, -0.05) is 53.2 Å². The molecule has 7 nitrogen and oxygen atoms in total. The molecule has 0 bridgehead atoms. The first-order valence-electron chi connectivity index (χ1n) is 10.9. The Labute approximate surface area is 186 Å². The topological polar surface area (TPSA) is 92.8 Å². The lowest BCUT2D eigenvalue weighted by Gasteiger charge is -2.32. The number of methoxy groups -OCH3 is 1. The molecule has 1 N–H and O–H groups in total. The van der Waals surface area contributed by atoms with E-state index in [4.69, 9.17) is 4.74 Å². The summed E-state index contributed by atoms with van der Waals surface area (Å²) < 4.78 is 32.3. The van der Waals surface area contributed by atoms with Crippen LogP contribution in [0.3, 0.4) is 0 Å². The highest BCUT2D eigenvalue weighted by Gasteiger charge is 2.34. The van der Waals surface area contributed by atoms with Gasteiger partial charge in [-0.15, -0.1) is 0 Å². The van der Waals surface area contributed by atoms with Crippen molar-refractivity contribution in [3.63, 3.8) is 0 Å². The number of hydrogen-bond acceptors (Lipinski definition) is 5. The average Bonchev–Trinajstić information content (AvgIpc) is 2.75. The highest BCUT2D eigenvalue weighted by atomic mass is 32.2. The Kier molecular flexibility index (Phi) is 8.27. The molecule has 1 aromatic carbocycles. The predicted molar refractivity (Wildman–Crippen MR) is 120 cm³/mol. The van der Waals surface area contributed by atoms with E-state index in [1.165, 1.54) is 11.4 Å². The second-order valence-corrected chi connectivity index (χ2v) is 11.3. The number of piperidine rings is 1. The highest BCUT2D eigenvalue weighted by molar-refractivity contribution is 7.89. The molecule has 1 aliphatic heterocycles. The smallest absolute Gasteiger partial charge is 0.328 e. The van der Waals surface area contributed by atoms with E-state index in [2.05, 4.69) is 26.1 Å². The van der Waals surface area contributed by atoms with E-state index in [1.807, 2.05) is 26.0 Å². The number of sulfonamides is 1. The molecule has 0 spiro atoms. The summed E-state index contributed by atoms with van der Waals surface area (Å²) in [6.07, 6.45) is 1.56. The third-order valence-corrected chi connectivity index (χ3v) is 8.06. The molecule has 2 rings (SSSR count).